The van der Waals surface area contributed by atoms with E-state index in [1.165, 1.54) is 24.3 Å². The predicted octanol–water partition coefficient (Wildman–Crippen LogP) is 3.38. The summed E-state index contributed by atoms with van der Waals surface area (Å²) in [5.41, 5.74) is 0.372. The van der Waals surface area contributed by atoms with Gasteiger partial charge < -0.3 is 14.8 Å². The van der Waals surface area contributed by atoms with E-state index in [4.69, 9.17) is 4.74 Å². The quantitative estimate of drug-likeness (QED) is 0.612. The first-order chi connectivity index (χ1) is 10.7. The van der Waals surface area contributed by atoms with Gasteiger partial charge in [0.2, 0.25) is 5.91 Å². The standard InChI is InChI=1S/C14H14F5NO3/c1-2-22-11-7-9(3-5-10(11)23-13(15)16)4-6-12(21)20-8-14(17,18)19/h3-7,13H,2,8H2,1H3,(H,20,21)/b6-4+. The van der Waals surface area contributed by atoms with E-state index < -0.39 is 25.2 Å². The third-order valence-electron chi connectivity index (χ3n) is 2.37. The lowest BCUT2D eigenvalue weighted by atomic mass is 10.2. The molecule has 1 N–H and O–H groups in total. The summed E-state index contributed by atoms with van der Waals surface area (Å²) in [5.74, 6) is -1.08. The third kappa shape index (κ3) is 7.48. The molecule has 1 aromatic carbocycles. The van der Waals surface area contributed by atoms with Gasteiger partial charge in [0.1, 0.15) is 6.54 Å². The molecule has 128 valence electrons. The molecule has 0 radical (unpaired) electrons. The molecule has 1 aromatic rings. The number of carbonyl (C=O) groups is 1. The van der Waals surface area contributed by atoms with Crippen LogP contribution in [-0.2, 0) is 4.79 Å². The first kappa shape index (κ1) is 18.7. The SMILES string of the molecule is CCOc1cc(/C=C/C(=O)NCC(F)(F)F)ccc1OC(F)F. The minimum absolute atomic E-state index is 0.0330. The van der Waals surface area contributed by atoms with Crippen LogP contribution in [0.4, 0.5) is 22.0 Å². The molecule has 4 nitrogen and oxygen atoms in total. The van der Waals surface area contributed by atoms with Crippen LogP contribution >= 0.6 is 0 Å². The van der Waals surface area contributed by atoms with Crippen molar-refractivity contribution in [1.29, 1.82) is 0 Å². The van der Waals surface area contributed by atoms with Gasteiger partial charge in [0.05, 0.1) is 6.61 Å². The van der Waals surface area contributed by atoms with Crippen molar-refractivity contribution in [1.82, 2.24) is 5.32 Å². The van der Waals surface area contributed by atoms with Gasteiger partial charge in [0, 0.05) is 6.08 Å². The van der Waals surface area contributed by atoms with E-state index in [2.05, 4.69) is 4.74 Å². The van der Waals surface area contributed by atoms with Crippen molar-refractivity contribution in [3.63, 3.8) is 0 Å². The zero-order valence-electron chi connectivity index (χ0n) is 12.0. The number of nitrogens with one attached hydrogen (secondary N) is 1. The maximum atomic E-state index is 12.2. The van der Waals surface area contributed by atoms with Crippen LogP contribution in [0.3, 0.4) is 0 Å². The summed E-state index contributed by atoms with van der Waals surface area (Å²) >= 11 is 0. The number of hydrogen-bond acceptors (Lipinski definition) is 3. The fourth-order valence-corrected chi connectivity index (χ4v) is 1.51. The Labute approximate surface area is 128 Å². The third-order valence-corrected chi connectivity index (χ3v) is 2.37. The topological polar surface area (TPSA) is 47.6 Å². The summed E-state index contributed by atoms with van der Waals surface area (Å²) in [4.78, 5) is 11.2. The molecule has 0 atom stereocenters. The molecular weight excluding hydrogens is 325 g/mol. The monoisotopic (exact) mass is 339 g/mol. The van der Waals surface area contributed by atoms with Crippen molar-refractivity contribution >= 4 is 12.0 Å². The number of halogens is 5. The van der Waals surface area contributed by atoms with Crippen molar-refractivity contribution in [3.05, 3.63) is 29.8 Å². The molecule has 0 spiro atoms. The Morgan fingerprint density at radius 1 is 1.30 bits per heavy atom. The Bertz CT molecular complexity index is 558. The van der Waals surface area contributed by atoms with Crippen LogP contribution in [0.5, 0.6) is 11.5 Å². The fraction of sp³-hybridized carbons (Fsp3) is 0.357. The summed E-state index contributed by atoms with van der Waals surface area (Å²) < 4.78 is 69.7. The molecular formula is C14H14F5NO3. The number of benzene rings is 1. The minimum Gasteiger partial charge on any atom is -0.490 e. The Hall–Kier alpha value is -2.32. The second kappa shape index (κ2) is 8.35. The van der Waals surface area contributed by atoms with Crippen molar-refractivity contribution in [3.8, 4) is 11.5 Å². The number of hydrogen-bond donors (Lipinski definition) is 1. The summed E-state index contributed by atoms with van der Waals surface area (Å²) in [6, 6.07) is 3.90. The van der Waals surface area contributed by atoms with Gasteiger partial charge in [-0.1, -0.05) is 6.07 Å². The molecule has 1 amide bonds. The summed E-state index contributed by atoms with van der Waals surface area (Å²) in [5, 5.41) is 1.66. The maximum Gasteiger partial charge on any atom is 0.405 e. The highest BCUT2D eigenvalue weighted by Crippen LogP contribution is 2.30. The number of carbonyl (C=O) groups excluding carboxylic acids is 1. The Morgan fingerprint density at radius 3 is 2.57 bits per heavy atom. The lowest BCUT2D eigenvalue weighted by Crippen LogP contribution is -2.32. The minimum atomic E-state index is -4.50. The largest absolute Gasteiger partial charge is 0.490 e. The van der Waals surface area contributed by atoms with Crippen LogP contribution in [0.1, 0.15) is 12.5 Å². The second-order valence-corrected chi connectivity index (χ2v) is 4.18. The van der Waals surface area contributed by atoms with Gasteiger partial charge in [-0.05, 0) is 30.7 Å². The van der Waals surface area contributed by atoms with Crippen molar-refractivity contribution in [2.24, 2.45) is 0 Å². The highest BCUT2D eigenvalue weighted by atomic mass is 19.4. The first-order valence-corrected chi connectivity index (χ1v) is 6.45. The fourth-order valence-electron chi connectivity index (χ4n) is 1.51. The predicted molar refractivity (Wildman–Crippen MR) is 72.3 cm³/mol. The van der Waals surface area contributed by atoms with E-state index >= 15 is 0 Å². The molecule has 9 heteroatoms. The molecule has 0 fully saturated rings. The molecule has 0 aromatic heterocycles. The van der Waals surface area contributed by atoms with Gasteiger partial charge in [-0.2, -0.15) is 22.0 Å². The summed E-state index contributed by atoms with van der Waals surface area (Å²) in [6.45, 7) is -2.64. The Morgan fingerprint density at radius 2 is 2.00 bits per heavy atom. The van der Waals surface area contributed by atoms with Gasteiger partial charge >= 0.3 is 12.8 Å². The molecule has 1 rings (SSSR count). The average Bonchev–Trinajstić information content (AvgIpc) is 2.44. The van der Waals surface area contributed by atoms with Crippen molar-refractivity contribution in [2.75, 3.05) is 13.2 Å². The highest BCUT2D eigenvalue weighted by Gasteiger charge is 2.27. The Kier molecular flexibility index (Phi) is 6.80. The first-order valence-electron chi connectivity index (χ1n) is 6.45. The average molecular weight is 339 g/mol. The molecule has 0 aliphatic heterocycles. The normalized spacial score (nSPS) is 11.8. The highest BCUT2D eigenvalue weighted by molar-refractivity contribution is 5.91. The Balaban J connectivity index is 2.78. The summed E-state index contributed by atoms with van der Waals surface area (Å²) in [6.07, 6.45) is -2.38. The van der Waals surface area contributed by atoms with Crippen molar-refractivity contribution in [2.45, 2.75) is 19.7 Å². The van der Waals surface area contributed by atoms with Gasteiger partial charge in [-0.15, -0.1) is 0 Å². The number of alkyl halides is 5. The molecule has 0 bridgehead atoms. The maximum absolute atomic E-state index is 12.2. The van der Waals surface area contributed by atoms with Crippen molar-refractivity contribution < 1.29 is 36.2 Å². The van der Waals surface area contributed by atoms with Gasteiger partial charge in [-0.25, -0.2) is 0 Å². The van der Waals surface area contributed by atoms with Crippen LogP contribution < -0.4 is 14.8 Å². The van der Waals surface area contributed by atoms with E-state index in [-0.39, 0.29) is 18.1 Å². The number of ether oxygens (including phenoxy) is 2. The smallest absolute Gasteiger partial charge is 0.405 e. The van der Waals surface area contributed by atoms with Crippen LogP contribution in [-0.4, -0.2) is 31.8 Å². The zero-order valence-corrected chi connectivity index (χ0v) is 12.0. The van der Waals surface area contributed by atoms with E-state index in [0.717, 1.165) is 6.08 Å². The molecule has 0 saturated carbocycles. The molecule has 23 heavy (non-hydrogen) atoms. The number of amides is 1. The van der Waals surface area contributed by atoms with Crippen LogP contribution in [0.25, 0.3) is 6.08 Å². The van der Waals surface area contributed by atoms with E-state index in [1.54, 1.807) is 12.2 Å². The van der Waals surface area contributed by atoms with E-state index in [0.29, 0.717) is 5.56 Å². The molecule has 0 saturated heterocycles. The molecule has 0 aliphatic carbocycles. The zero-order chi connectivity index (χ0) is 17.5. The van der Waals surface area contributed by atoms with Crippen LogP contribution in [0.15, 0.2) is 24.3 Å². The molecule has 0 aliphatic rings. The van der Waals surface area contributed by atoms with E-state index in [9.17, 15) is 26.7 Å². The molecule has 0 heterocycles. The lowest BCUT2D eigenvalue weighted by molar-refractivity contribution is -0.135. The van der Waals surface area contributed by atoms with Gasteiger partial charge in [0.15, 0.2) is 11.5 Å². The summed E-state index contributed by atoms with van der Waals surface area (Å²) in [7, 11) is 0. The lowest BCUT2D eigenvalue weighted by Gasteiger charge is -2.11. The number of rotatable bonds is 7. The second-order valence-electron chi connectivity index (χ2n) is 4.18. The van der Waals surface area contributed by atoms with E-state index in [1.807, 2.05) is 0 Å². The van der Waals surface area contributed by atoms with Gasteiger partial charge in [0.25, 0.3) is 0 Å². The van der Waals surface area contributed by atoms with Crippen LogP contribution in [0, 0.1) is 0 Å². The molecule has 0 unspecified atom stereocenters. The van der Waals surface area contributed by atoms with Gasteiger partial charge in [-0.3, -0.25) is 4.79 Å². The van der Waals surface area contributed by atoms with Crippen LogP contribution in [0.2, 0.25) is 0 Å².